The molecule has 0 radical (unpaired) electrons. The third-order valence-corrected chi connectivity index (χ3v) is 3.82. The van der Waals surface area contributed by atoms with Crippen LogP contribution in [0.25, 0.3) is 0 Å². The first-order valence-electron chi connectivity index (χ1n) is 7.41. The molecule has 0 saturated carbocycles. The molecule has 1 N–H and O–H groups in total. The summed E-state index contributed by atoms with van der Waals surface area (Å²) in [6.07, 6.45) is 1.78. The molecule has 2 unspecified atom stereocenters. The smallest absolute Gasteiger partial charge is 0.409 e. The summed E-state index contributed by atoms with van der Waals surface area (Å²) in [6.45, 7) is 6.03. The van der Waals surface area contributed by atoms with Crippen molar-refractivity contribution in [2.75, 3.05) is 13.2 Å². The van der Waals surface area contributed by atoms with Gasteiger partial charge in [-0.15, -0.1) is 0 Å². The average molecular weight is 276 g/mol. The van der Waals surface area contributed by atoms with Gasteiger partial charge < -0.3 is 15.0 Å². The molecule has 1 aromatic carbocycles. The van der Waals surface area contributed by atoms with Gasteiger partial charge in [0.05, 0.1) is 6.61 Å². The molecule has 1 aliphatic heterocycles. The molecule has 0 aliphatic carbocycles. The number of carbonyl (C=O) groups excluding carboxylic acids is 1. The van der Waals surface area contributed by atoms with Gasteiger partial charge in [-0.25, -0.2) is 4.79 Å². The fourth-order valence-electron chi connectivity index (χ4n) is 2.69. The number of ether oxygens (including phenoxy) is 1. The molecule has 110 valence electrons. The molecule has 1 fully saturated rings. The number of piperidine rings is 1. The first kappa shape index (κ1) is 14.9. The summed E-state index contributed by atoms with van der Waals surface area (Å²) < 4.78 is 5.08. The Morgan fingerprint density at radius 1 is 1.40 bits per heavy atom. The van der Waals surface area contributed by atoms with E-state index in [9.17, 15) is 4.79 Å². The normalized spacial score (nSPS) is 22.6. The molecule has 4 nitrogen and oxygen atoms in total. The van der Waals surface area contributed by atoms with Gasteiger partial charge >= 0.3 is 6.09 Å². The zero-order chi connectivity index (χ0) is 14.4. The van der Waals surface area contributed by atoms with E-state index in [4.69, 9.17) is 4.74 Å². The van der Waals surface area contributed by atoms with E-state index in [1.165, 1.54) is 5.56 Å². The van der Waals surface area contributed by atoms with Gasteiger partial charge in [-0.3, -0.25) is 0 Å². The average Bonchev–Trinajstić information content (AvgIpc) is 2.46. The Balaban J connectivity index is 1.79. The van der Waals surface area contributed by atoms with E-state index >= 15 is 0 Å². The fourth-order valence-corrected chi connectivity index (χ4v) is 2.69. The Bertz CT molecular complexity index is 422. The second kappa shape index (κ2) is 7.29. The molecule has 4 heteroatoms. The van der Waals surface area contributed by atoms with Crippen LogP contribution in [0.15, 0.2) is 30.3 Å². The minimum Gasteiger partial charge on any atom is -0.450 e. The van der Waals surface area contributed by atoms with Crippen molar-refractivity contribution in [1.29, 1.82) is 0 Å². The van der Waals surface area contributed by atoms with E-state index < -0.39 is 0 Å². The highest BCUT2D eigenvalue weighted by atomic mass is 16.6. The van der Waals surface area contributed by atoms with Crippen LogP contribution in [0.2, 0.25) is 0 Å². The van der Waals surface area contributed by atoms with Gasteiger partial charge in [0, 0.05) is 25.2 Å². The molecule has 1 amide bonds. The van der Waals surface area contributed by atoms with E-state index in [0.29, 0.717) is 12.6 Å². The number of hydrogen-bond donors (Lipinski definition) is 1. The quantitative estimate of drug-likeness (QED) is 0.919. The lowest BCUT2D eigenvalue weighted by Gasteiger charge is -2.37. The summed E-state index contributed by atoms with van der Waals surface area (Å²) in [7, 11) is 0. The number of benzene rings is 1. The van der Waals surface area contributed by atoms with Gasteiger partial charge in [-0.05, 0) is 32.3 Å². The number of nitrogens with zero attached hydrogens (tertiary/aromatic N) is 1. The number of rotatable bonds is 4. The lowest BCUT2D eigenvalue weighted by molar-refractivity contribution is 0.0743. The Labute approximate surface area is 121 Å². The van der Waals surface area contributed by atoms with E-state index in [-0.39, 0.29) is 12.1 Å². The number of likely N-dealkylation sites (tertiary alicyclic amines) is 1. The van der Waals surface area contributed by atoms with Crippen LogP contribution in [0.4, 0.5) is 4.79 Å². The SMILES string of the molecule is CCOC(=O)N1CCC(NCc2ccccc2)CC1C. The predicted octanol–water partition coefficient (Wildman–Crippen LogP) is 2.79. The van der Waals surface area contributed by atoms with Crippen molar-refractivity contribution < 1.29 is 9.53 Å². The molecule has 0 spiro atoms. The zero-order valence-corrected chi connectivity index (χ0v) is 12.3. The monoisotopic (exact) mass is 276 g/mol. The Hall–Kier alpha value is -1.55. The van der Waals surface area contributed by atoms with Crippen LogP contribution >= 0.6 is 0 Å². The van der Waals surface area contributed by atoms with Crippen molar-refractivity contribution in [3.63, 3.8) is 0 Å². The highest BCUT2D eigenvalue weighted by Gasteiger charge is 2.29. The van der Waals surface area contributed by atoms with Crippen LogP contribution in [0, 0.1) is 0 Å². The minimum absolute atomic E-state index is 0.179. The number of hydrogen-bond acceptors (Lipinski definition) is 3. The standard InChI is InChI=1S/C16H24N2O2/c1-3-20-16(19)18-10-9-15(11-13(18)2)17-12-14-7-5-4-6-8-14/h4-8,13,15,17H,3,9-12H2,1-2H3. The van der Waals surface area contributed by atoms with Gasteiger partial charge in [-0.1, -0.05) is 30.3 Å². The van der Waals surface area contributed by atoms with Gasteiger partial charge in [0.25, 0.3) is 0 Å². The van der Waals surface area contributed by atoms with E-state index in [2.05, 4.69) is 36.5 Å². The highest BCUT2D eigenvalue weighted by molar-refractivity contribution is 5.68. The molecular weight excluding hydrogens is 252 g/mol. The van der Waals surface area contributed by atoms with Crippen molar-refractivity contribution in [3.8, 4) is 0 Å². The fraction of sp³-hybridized carbons (Fsp3) is 0.562. The van der Waals surface area contributed by atoms with Gasteiger partial charge in [0.1, 0.15) is 0 Å². The molecule has 0 aromatic heterocycles. The molecule has 1 aromatic rings. The third kappa shape index (κ3) is 3.97. The topological polar surface area (TPSA) is 41.6 Å². The lowest BCUT2D eigenvalue weighted by Crippen LogP contribution is -2.49. The van der Waals surface area contributed by atoms with E-state index in [1.807, 2.05) is 17.9 Å². The zero-order valence-electron chi connectivity index (χ0n) is 12.3. The molecule has 2 atom stereocenters. The molecule has 1 saturated heterocycles. The second-order valence-electron chi connectivity index (χ2n) is 5.33. The van der Waals surface area contributed by atoms with Crippen molar-refractivity contribution in [2.24, 2.45) is 0 Å². The van der Waals surface area contributed by atoms with E-state index in [0.717, 1.165) is 25.9 Å². The predicted molar refractivity (Wildman–Crippen MR) is 79.5 cm³/mol. The Morgan fingerprint density at radius 3 is 2.80 bits per heavy atom. The molecule has 20 heavy (non-hydrogen) atoms. The summed E-state index contributed by atoms with van der Waals surface area (Å²) >= 11 is 0. The van der Waals surface area contributed by atoms with Crippen LogP contribution < -0.4 is 5.32 Å². The first-order chi connectivity index (χ1) is 9.70. The van der Waals surface area contributed by atoms with Gasteiger partial charge in [-0.2, -0.15) is 0 Å². The van der Waals surface area contributed by atoms with E-state index in [1.54, 1.807) is 0 Å². The minimum atomic E-state index is -0.179. The van der Waals surface area contributed by atoms with Crippen LogP contribution in [0.3, 0.4) is 0 Å². The van der Waals surface area contributed by atoms with Crippen LogP contribution in [-0.4, -0.2) is 36.2 Å². The second-order valence-corrected chi connectivity index (χ2v) is 5.33. The van der Waals surface area contributed by atoms with Crippen LogP contribution in [-0.2, 0) is 11.3 Å². The largest absolute Gasteiger partial charge is 0.450 e. The summed E-state index contributed by atoms with van der Waals surface area (Å²) in [5, 5.41) is 3.58. The van der Waals surface area contributed by atoms with Gasteiger partial charge in [0.15, 0.2) is 0 Å². The highest BCUT2D eigenvalue weighted by Crippen LogP contribution is 2.18. The molecular formula is C16H24N2O2. The van der Waals surface area contributed by atoms with Crippen molar-refractivity contribution in [3.05, 3.63) is 35.9 Å². The van der Waals surface area contributed by atoms with Crippen molar-refractivity contribution in [2.45, 2.75) is 45.3 Å². The summed E-state index contributed by atoms with van der Waals surface area (Å²) in [4.78, 5) is 13.6. The maximum atomic E-state index is 11.8. The summed E-state index contributed by atoms with van der Waals surface area (Å²) in [5.74, 6) is 0. The summed E-state index contributed by atoms with van der Waals surface area (Å²) in [5.41, 5.74) is 1.30. The van der Waals surface area contributed by atoms with Crippen molar-refractivity contribution >= 4 is 6.09 Å². The molecule has 1 aliphatic rings. The van der Waals surface area contributed by atoms with Gasteiger partial charge in [0.2, 0.25) is 0 Å². The lowest BCUT2D eigenvalue weighted by atomic mass is 9.98. The maximum absolute atomic E-state index is 11.8. The van der Waals surface area contributed by atoms with Crippen molar-refractivity contribution in [1.82, 2.24) is 10.2 Å². The van der Waals surface area contributed by atoms with Crippen LogP contribution in [0.5, 0.6) is 0 Å². The molecule has 0 bridgehead atoms. The maximum Gasteiger partial charge on any atom is 0.409 e. The Kier molecular flexibility index (Phi) is 5.41. The number of nitrogens with one attached hydrogen (secondary N) is 1. The number of amides is 1. The number of carbonyl (C=O) groups is 1. The summed E-state index contributed by atoms with van der Waals surface area (Å²) in [6, 6.07) is 11.1. The molecule has 1 heterocycles. The third-order valence-electron chi connectivity index (χ3n) is 3.82. The molecule has 2 rings (SSSR count). The first-order valence-corrected chi connectivity index (χ1v) is 7.41. The Morgan fingerprint density at radius 2 is 2.15 bits per heavy atom. The van der Waals surface area contributed by atoms with Crippen LogP contribution in [0.1, 0.15) is 32.3 Å².